The molecule has 0 aromatic heterocycles. The number of nitriles is 4. The number of phosphoric ester groups is 2. The summed E-state index contributed by atoms with van der Waals surface area (Å²) in [6.45, 7) is 0.0775. The van der Waals surface area contributed by atoms with Crippen molar-refractivity contribution in [1.82, 2.24) is 0 Å². The van der Waals surface area contributed by atoms with Crippen LogP contribution in [0.2, 0.25) is 0 Å². The van der Waals surface area contributed by atoms with E-state index in [4.69, 9.17) is 46.1 Å². The number of allylic oxidation sites excluding steroid dienone is 1. The van der Waals surface area contributed by atoms with Crippen LogP contribution in [0.15, 0.2) is 103 Å². The first-order valence-electron chi connectivity index (χ1n) is 19.1. The van der Waals surface area contributed by atoms with Gasteiger partial charge in [-0.05, 0) is 23.6 Å². The Hall–Kier alpha value is -4.74. The Bertz CT molecular complexity index is 1960. The molecular formula is C42H48N4O12P2. The van der Waals surface area contributed by atoms with Crippen LogP contribution in [-0.4, -0.2) is 63.1 Å². The molecule has 0 aliphatic heterocycles. The molecule has 0 N–H and O–H groups in total. The molecule has 318 valence electrons. The molecule has 18 heteroatoms. The normalized spacial score (nSPS) is 20.4. The number of hydrogen-bond donors (Lipinski definition) is 0. The Labute approximate surface area is 350 Å². The molecule has 0 unspecified atom stereocenters. The molecule has 0 spiro atoms. The maximum absolute atomic E-state index is 14.7. The minimum absolute atomic E-state index is 0.0259. The highest BCUT2D eigenvalue weighted by molar-refractivity contribution is 7.48. The van der Waals surface area contributed by atoms with Crippen molar-refractivity contribution in [2.75, 3.05) is 26.4 Å². The van der Waals surface area contributed by atoms with Crippen molar-refractivity contribution in [3.05, 3.63) is 120 Å². The van der Waals surface area contributed by atoms with E-state index >= 15 is 0 Å². The highest BCUT2D eigenvalue weighted by Crippen LogP contribution is 2.57. The molecule has 0 bridgehead atoms. The van der Waals surface area contributed by atoms with E-state index in [0.717, 1.165) is 16.7 Å². The fraction of sp³-hybridized carbons (Fsp3) is 0.429. The molecule has 4 rings (SSSR count). The average molecular weight is 863 g/mol. The van der Waals surface area contributed by atoms with Crippen molar-refractivity contribution in [3.8, 4) is 24.3 Å². The lowest BCUT2D eigenvalue weighted by Crippen LogP contribution is -2.67. The SMILES string of the molecule is C/C=C\O[C@@H]1[C@H](OCc2ccccc2)[C@H](OCc2ccccc2)[C@@H](OP(=O)(OCCC#N)OCCC#N)[C@H](OP(=O)(OCCC#N)OCCC#N)[C@H]1OCc1ccccc1. The van der Waals surface area contributed by atoms with Gasteiger partial charge in [0.2, 0.25) is 0 Å². The van der Waals surface area contributed by atoms with E-state index in [2.05, 4.69) is 0 Å². The molecule has 0 amide bonds. The van der Waals surface area contributed by atoms with E-state index in [1.165, 1.54) is 6.26 Å². The second-order valence-corrected chi connectivity index (χ2v) is 16.1. The molecule has 0 radical (unpaired) electrons. The minimum Gasteiger partial charge on any atom is -0.493 e. The van der Waals surface area contributed by atoms with Gasteiger partial charge in [0.05, 0.1) is 102 Å². The third-order valence-electron chi connectivity index (χ3n) is 8.53. The highest BCUT2D eigenvalue weighted by Gasteiger charge is 2.59. The van der Waals surface area contributed by atoms with Gasteiger partial charge in [-0.15, -0.1) is 0 Å². The first-order chi connectivity index (χ1) is 29.3. The van der Waals surface area contributed by atoms with E-state index in [9.17, 15) is 30.2 Å². The van der Waals surface area contributed by atoms with Crippen LogP contribution in [0.5, 0.6) is 0 Å². The van der Waals surface area contributed by atoms with Gasteiger partial charge in [0.1, 0.15) is 30.5 Å². The van der Waals surface area contributed by atoms with Crippen LogP contribution in [0, 0.1) is 45.3 Å². The summed E-state index contributed by atoms with van der Waals surface area (Å²) in [6.07, 6.45) is -5.99. The fourth-order valence-corrected chi connectivity index (χ4v) is 8.59. The van der Waals surface area contributed by atoms with Gasteiger partial charge in [-0.3, -0.25) is 27.1 Å². The predicted molar refractivity (Wildman–Crippen MR) is 214 cm³/mol. The molecule has 1 aliphatic carbocycles. The van der Waals surface area contributed by atoms with Gasteiger partial charge in [-0.1, -0.05) is 97.1 Å². The van der Waals surface area contributed by atoms with E-state index in [-0.39, 0.29) is 45.5 Å². The summed E-state index contributed by atoms with van der Waals surface area (Å²) in [5.74, 6) is 0. The van der Waals surface area contributed by atoms with Crippen LogP contribution in [0.25, 0.3) is 0 Å². The molecule has 1 fully saturated rings. The average Bonchev–Trinajstić information content (AvgIpc) is 3.26. The molecular weight excluding hydrogens is 814 g/mol. The van der Waals surface area contributed by atoms with Crippen LogP contribution in [0.3, 0.4) is 0 Å². The van der Waals surface area contributed by atoms with Crippen LogP contribution in [0.4, 0.5) is 0 Å². The first kappa shape index (κ1) is 47.9. The van der Waals surface area contributed by atoms with Gasteiger partial charge in [0.15, 0.2) is 6.10 Å². The molecule has 1 aliphatic rings. The maximum Gasteiger partial charge on any atom is 0.475 e. The summed E-state index contributed by atoms with van der Waals surface area (Å²) < 4.78 is 90.9. The second-order valence-electron chi connectivity index (χ2n) is 12.9. The van der Waals surface area contributed by atoms with E-state index in [1.54, 1.807) is 13.0 Å². The molecule has 60 heavy (non-hydrogen) atoms. The minimum atomic E-state index is -4.77. The summed E-state index contributed by atoms with van der Waals surface area (Å²) in [7, 11) is -9.53. The number of hydrogen-bond acceptors (Lipinski definition) is 16. The molecule has 1 saturated carbocycles. The number of phosphoric acid groups is 2. The topological polar surface area (TPSA) is 222 Å². The molecule has 6 atom stereocenters. The largest absolute Gasteiger partial charge is 0.493 e. The van der Waals surface area contributed by atoms with Crippen molar-refractivity contribution >= 4 is 15.6 Å². The molecule has 0 saturated heterocycles. The lowest BCUT2D eigenvalue weighted by molar-refractivity contribution is -0.258. The number of benzene rings is 3. The second kappa shape index (κ2) is 26.5. The van der Waals surface area contributed by atoms with Crippen molar-refractivity contribution in [2.45, 2.75) is 89.1 Å². The van der Waals surface area contributed by atoms with Crippen LogP contribution in [-0.2, 0) is 75.0 Å². The highest BCUT2D eigenvalue weighted by atomic mass is 31.2. The number of nitrogens with zero attached hydrogens (tertiary/aromatic N) is 4. The first-order valence-corrected chi connectivity index (χ1v) is 22.1. The summed E-state index contributed by atoms with van der Waals surface area (Å²) in [5.41, 5.74) is 2.24. The van der Waals surface area contributed by atoms with Gasteiger partial charge < -0.3 is 18.9 Å². The third-order valence-corrected chi connectivity index (χ3v) is 11.5. The van der Waals surface area contributed by atoms with E-state index < -0.39 is 78.7 Å². The van der Waals surface area contributed by atoms with Crippen molar-refractivity contribution in [2.24, 2.45) is 0 Å². The molecule has 0 heterocycles. The van der Waals surface area contributed by atoms with Gasteiger partial charge in [0, 0.05) is 0 Å². The Morgan fingerprint density at radius 1 is 0.483 bits per heavy atom. The Morgan fingerprint density at radius 2 is 0.783 bits per heavy atom. The lowest BCUT2D eigenvalue weighted by Gasteiger charge is -2.49. The van der Waals surface area contributed by atoms with E-state index in [0.29, 0.717) is 0 Å². The van der Waals surface area contributed by atoms with Crippen LogP contribution >= 0.6 is 15.6 Å². The zero-order chi connectivity index (χ0) is 42.9. The number of ether oxygens (including phenoxy) is 4. The van der Waals surface area contributed by atoms with Crippen LogP contribution in [0.1, 0.15) is 49.3 Å². The van der Waals surface area contributed by atoms with Crippen molar-refractivity contribution in [3.63, 3.8) is 0 Å². The Balaban J connectivity index is 1.96. The summed E-state index contributed by atoms with van der Waals surface area (Å²) in [4.78, 5) is 0. The van der Waals surface area contributed by atoms with Gasteiger partial charge in [-0.2, -0.15) is 21.0 Å². The zero-order valence-electron chi connectivity index (χ0n) is 33.1. The molecule has 3 aromatic carbocycles. The monoisotopic (exact) mass is 862 g/mol. The van der Waals surface area contributed by atoms with Crippen molar-refractivity contribution in [1.29, 1.82) is 21.0 Å². The van der Waals surface area contributed by atoms with Gasteiger partial charge in [0.25, 0.3) is 0 Å². The molecule has 16 nitrogen and oxygen atoms in total. The van der Waals surface area contributed by atoms with E-state index in [1.807, 2.05) is 115 Å². The lowest BCUT2D eigenvalue weighted by atomic mass is 9.84. The van der Waals surface area contributed by atoms with Crippen LogP contribution < -0.4 is 0 Å². The van der Waals surface area contributed by atoms with Gasteiger partial charge in [-0.25, -0.2) is 9.13 Å². The maximum atomic E-state index is 14.7. The summed E-state index contributed by atoms with van der Waals surface area (Å²) >= 11 is 0. The van der Waals surface area contributed by atoms with Crippen molar-refractivity contribution < 1.29 is 55.2 Å². The standard InChI is InChI=1S/C42H48N4O12P2/c1-2-26-49-37-38(50-31-34-16-6-3-7-17-34)40(52-33-36-20-10-5-11-21-36)42(58-60(48,55-29-14-24-45)56-30-15-25-46)41(39(37)51-32-35-18-8-4-9-19-35)57-59(47,53-27-12-22-43)54-28-13-23-44/h2-11,16-21,26,37-42H,12-15,27-33H2,1H3/b26-2-/t37-,38+,39+,40+,41-,42-/m1/s1. The predicted octanol–water partition coefficient (Wildman–Crippen LogP) is 8.38. The molecule has 3 aromatic rings. The Kier molecular flexibility index (Phi) is 21.1. The number of rotatable bonds is 27. The third kappa shape index (κ3) is 15.7. The zero-order valence-corrected chi connectivity index (χ0v) is 34.9. The summed E-state index contributed by atoms with van der Waals surface area (Å²) in [5, 5.41) is 37.2. The smallest absolute Gasteiger partial charge is 0.475 e. The van der Waals surface area contributed by atoms with Gasteiger partial charge >= 0.3 is 15.6 Å². The quantitative estimate of drug-likeness (QED) is 0.0399. The Morgan fingerprint density at radius 3 is 1.08 bits per heavy atom. The fourth-order valence-electron chi connectivity index (χ4n) is 5.86. The summed E-state index contributed by atoms with van der Waals surface area (Å²) in [6, 6.07) is 35.2.